The number of hydrogen-bond donors (Lipinski definition) is 2. The van der Waals surface area contributed by atoms with Crippen molar-refractivity contribution in [2.45, 2.75) is 23.9 Å². The van der Waals surface area contributed by atoms with Crippen LogP contribution in [0.15, 0.2) is 39.1 Å². The molecule has 11 heteroatoms. The molecule has 2 heterocycles. The topological polar surface area (TPSA) is 118 Å². The normalized spacial score (nSPS) is 11.7. The van der Waals surface area contributed by atoms with Gasteiger partial charge in [-0.3, -0.25) is 4.79 Å². The molecular formula is C16H15N3O5S3. The zero-order valence-electron chi connectivity index (χ0n) is 14.5. The first-order valence-corrected chi connectivity index (χ1v) is 11.1. The lowest BCUT2D eigenvalue weighted by molar-refractivity contribution is 0.0693. The average Bonchev–Trinajstić information content (AvgIpc) is 2.85. The molecule has 8 nitrogen and oxygen atoms in total. The highest BCUT2D eigenvalue weighted by atomic mass is 32.2. The van der Waals surface area contributed by atoms with E-state index in [-0.39, 0.29) is 10.7 Å². The molecule has 0 atom stereocenters. The molecule has 27 heavy (non-hydrogen) atoms. The van der Waals surface area contributed by atoms with E-state index in [0.717, 1.165) is 33.1 Å². The molecule has 0 saturated heterocycles. The van der Waals surface area contributed by atoms with E-state index in [2.05, 4.69) is 9.82 Å². The van der Waals surface area contributed by atoms with Gasteiger partial charge in [0, 0.05) is 9.77 Å². The first-order chi connectivity index (χ1) is 12.6. The largest absolute Gasteiger partial charge is 0.478 e. The van der Waals surface area contributed by atoms with Crippen LogP contribution in [0, 0.1) is 13.8 Å². The van der Waals surface area contributed by atoms with Gasteiger partial charge in [0.1, 0.15) is 4.83 Å². The van der Waals surface area contributed by atoms with E-state index < -0.39 is 21.6 Å². The van der Waals surface area contributed by atoms with E-state index in [1.807, 2.05) is 6.92 Å². The smallest absolute Gasteiger partial charge is 0.336 e. The summed E-state index contributed by atoms with van der Waals surface area (Å²) in [6.07, 6.45) is 0.926. The first kappa shape index (κ1) is 19.4. The number of aromatic carboxylic acids is 1. The molecule has 0 spiro atoms. The summed E-state index contributed by atoms with van der Waals surface area (Å²) < 4.78 is 24.4. The van der Waals surface area contributed by atoms with E-state index in [9.17, 15) is 23.1 Å². The van der Waals surface area contributed by atoms with Crippen molar-refractivity contribution in [2.24, 2.45) is 0 Å². The number of aryl methyl sites for hydroxylation is 2. The molecule has 3 aromatic rings. The first-order valence-electron chi connectivity index (χ1n) is 7.59. The molecule has 0 bridgehead atoms. The third-order valence-electron chi connectivity index (χ3n) is 3.75. The van der Waals surface area contributed by atoms with E-state index in [1.54, 1.807) is 25.1 Å². The van der Waals surface area contributed by atoms with Gasteiger partial charge in [0.05, 0.1) is 17.2 Å². The number of carboxylic acid groups (broad SMARTS) is 1. The molecule has 0 radical (unpaired) electrons. The summed E-state index contributed by atoms with van der Waals surface area (Å²) in [6, 6.07) is 6.23. The Morgan fingerprint density at radius 2 is 1.96 bits per heavy atom. The maximum atomic E-state index is 12.9. The monoisotopic (exact) mass is 425 g/mol. The minimum absolute atomic E-state index is 0.0290. The van der Waals surface area contributed by atoms with Crippen LogP contribution in [-0.2, 0) is 10.0 Å². The van der Waals surface area contributed by atoms with E-state index in [1.165, 1.54) is 17.4 Å². The Hall–Kier alpha value is -2.37. The molecule has 2 aromatic heterocycles. The van der Waals surface area contributed by atoms with Crippen LogP contribution in [-0.4, -0.2) is 35.4 Å². The van der Waals surface area contributed by atoms with Gasteiger partial charge in [0.2, 0.25) is 10.0 Å². The lowest BCUT2D eigenvalue weighted by Gasteiger charge is -2.13. The summed E-state index contributed by atoms with van der Waals surface area (Å²) in [5.41, 5.74) is 0.211. The van der Waals surface area contributed by atoms with Gasteiger partial charge in [-0.1, -0.05) is 12.1 Å². The second-order valence-electron chi connectivity index (χ2n) is 5.77. The van der Waals surface area contributed by atoms with Gasteiger partial charge in [-0.05, 0) is 43.3 Å². The fraction of sp³-hybridized carbons (Fsp3) is 0.188. The lowest BCUT2D eigenvalue weighted by atomic mass is 10.2. The van der Waals surface area contributed by atoms with E-state index in [4.69, 9.17) is 0 Å². The molecule has 1 aromatic carbocycles. The highest BCUT2D eigenvalue weighted by Crippen LogP contribution is 2.32. The second-order valence-corrected chi connectivity index (χ2v) is 9.70. The minimum atomic E-state index is -3.77. The van der Waals surface area contributed by atoms with Crippen LogP contribution in [0.25, 0.3) is 10.2 Å². The number of carboxylic acids is 1. The molecule has 0 fully saturated rings. The number of fused-ring (bicyclic) bond motifs is 1. The third kappa shape index (κ3) is 3.84. The molecular weight excluding hydrogens is 410 g/mol. The fourth-order valence-electron chi connectivity index (χ4n) is 2.42. The van der Waals surface area contributed by atoms with Gasteiger partial charge in [0.25, 0.3) is 5.56 Å². The Morgan fingerprint density at radius 1 is 1.30 bits per heavy atom. The molecule has 3 rings (SSSR count). The lowest BCUT2D eigenvalue weighted by Crippen LogP contribution is -2.34. The van der Waals surface area contributed by atoms with Crippen molar-refractivity contribution < 1.29 is 18.3 Å². The molecule has 0 saturated carbocycles. The Morgan fingerprint density at radius 3 is 2.59 bits per heavy atom. The van der Waals surface area contributed by atoms with Crippen molar-refractivity contribution >= 4 is 49.3 Å². The molecule has 0 aliphatic heterocycles. The number of nitrogens with one attached hydrogen (secondary N) is 1. The van der Waals surface area contributed by atoms with Crippen LogP contribution in [0.5, 0.6) is 0 Å². The van der Waals surface area contributed by atoms with Crippen molar-refractivity contribution in [1.29, 1.82) is 0 Å². The Kier molecular flexibility index (Phi) is 5.02. The highest BCUT2D eigenvalue weighted by molar-refractivity contribution is 7.99. The third-order valence-corrected chi connectivity index (χ3v) is 6.40. The van der Waals surface area contributed by atoms with Crippen LogP contribution < -0.4 is 10.4 Å². The summed E-state index contributed by atoms with van der Waals surface area (Å²) in [5.74, 6) is -1.13. The zero-order valence-corrected chi connectivity index (χ0v) is 17.0. The van der Waals surface area contributed by atoms with Crippen molar-refractivity contribution in [3.63, 3.8) is 0 Å². The fourth-order valence-corrected chi connectivity index (χ4v) is 5.02. The van der Waals surface area contributed by atoms with Gasteiger partial charge in [-0.2, -0.15) is 4.68 Å². The Bertz CT molecular complexity index is 1230. The van der Waals surface area contributed by atoms with Gasteiger partial charge in [0.15, 0.2) is 5.16 Å². The summed E-state index contributed by atoms with van der Waals surface area (Å²) in [6.45, 7) is 3.62. The number of nitrogens with zero attached hydrogens (tertiary/aromatic N) is 2. The average molecular weight is 426 g/mol. The van der Waals surface area contributed by atoms with Crippen LogP contribution in [0.4, 0.5) is 0 Å². The summed E-state index contributed by atoms with van der Waals surface area (Å²) >= 11 is 2.23. The summed E-state index contributed by atoms with van der Waals surface area (Å²) in [4.78, 5) is 32.7. The molecule has 0 aliphatic carbocycles. The maximum Gasteiger partial charge on any atom is 0.336 e. The predicted molar refractivity (Wildman–Crippen MR) is 105 cm³/mol. The number of thiophene rings is 1. The van der Waals surface area contributed by atoms with Gasteiger partial charge in [-0.15, -0.1) is 11.3 Å². The van der Waals surface area contributed by atoms with Crippen molar-refractivity contribution in [3.8, 4) is 0 Å². The number of hydrogen-bond acceptors (Lipinski definition) is 7. The quantitative estimate of drug-likeness (QED) is 0.603. The number of sulfonamides is 1. The van der Waals surface area contributed by atoms with Crippen molar-refractivity contribution in [3.05, 3.63) is 50.6 Å². The Balaban J connectivity index is 2.27. The molecule has 0 unspecified atom stereocenters. The second kappa shape index (κ2) is 6.98. The summed E-state index contributed by atoms with van der Waals surface area (Å²) in [5, 5.41) is 9.73. The van der Waals surface area contributed by atoms with Crippen molar-refractivity contribution in [2.75, 3.05) is 11.1 Å². The van der Waals surface area contributed by atoms with Gasteiger partial charge in [-0.25, -0.2) is 23.0 Å². The van der Waals surface area contributed by atoms with Gasteiger partial charge < -0.3 is 5.11 Å². The zero-order chi connectivity index (χ0) is 19.9. The van der Waals surface area contributed by atoms with Crippen LogP contribution in [0.1, 0.15) is 20.8 Å². The molecule has 2 N–H and O–H groups in total. The van der Waals surface area contributed by atoms with Crippen LogP contribution in [0.2, 0.25) is 0 Å². The van der Waals surface area contributed by atoms with Crippen molar-refractivity contribution in [1.82, 2.24) is 9.66 Å². The molecule has 0 amide bonds. The van der Waals surface area contributed by atoms with Crippen LogP contribution in [0.3, 0.4) is 0 Å². The van der Waals surface area contributed by atoms with Gasteiger partial charge >= 0.3 is 5.97 Å². The van der Waals surface area contributed by atoms with Crippen LogP contribution >= 0.6 is 23.1 Å². The highest BCUT2D eigenvalue weighted by Gasteiger charge is 2.21. The summed E-state index contributed by atoms with van der Waals surface area (Å²) in [7, 11) is -3.77. The van der Waals surface area contributed by atoms with E-state index in [0.29, 0.717) is 15.1 Å². The predicted octanol–water partition coefficient (Wildman–Crippen LogP) is 2.43. The number of aromatic nitrogens is 2. The number of carbonyl (C=O) groups is 1. The molecule has 142 valence electrons. The standard InChI is InChI=1S/C16H15N3O5S3/c1-8-9(2)25-13-12(8)14(20)19(18-27(3,23)24)16(17-13)26-11-7-5-4-6-10(11)15(21)22/h4-7,18H,1-3H3,(H,21,22). The Labute approximate surface area is 162 Å². The number of rotatable bonds is 5. The minimum Gasteiger partial charge on any atom is -0.478 e. The maximum absolute atomic E-state index is 12.9. The SMILES string of the molecule is Cc1sc2nc(Sc3ccccc3C(=O)O)n(NS(C)(=O)=O)c(=O)c2c1C. The molecule has 0 aliphatic rings. The number of benzene rings is 1. The van der Waals surface area contributed by atoms with E-state index >= 15 is 0 Å².